The molecule has 1 amide bonds. The highest BCUT2D eigenvalue weighted by molar-refractivity contribution is 7.99. The van der Waals surface area contributed by atoms with Gasteiger partial charge < -0.3 is 9.84 Å². The van der Waals surface area contributed by atoms with E-state index in [-0.39, 0.29) is 5.92 Å². The molecule has 1 aromatic carbocycles. The Bertz CT molecular complexity index is 543. The molecule has 23 heavy (non-hydrogen) atoms. The highest BCUT2D eigenvalue weighted by Gasteiger charge is 2.47. The van der Waals surface area contributed by atoms with Gasteiger partial charge in [-0.1, -0.05) is 44.2 Å². The third kappa shape index (κ3) is 5.78. The molecule has 0 bridgehead atoms. The maximum atomic E-state index is 12.0. The Morgan fingerprint density at radius 1 is 1.30 bits per heavy atom. The zero-order valence-corrected chi connectivity index (χ0v) is 14.3. The molecule has 0 saturated heterocycles. The topological polar surface area (TPSA) is 75.6 Å². The summed E-state index contributed by atoms with van der Waals surface area (Å²) in [5.41, 5.74) is 0.705. The molecule has 0 heterocycles. The first-order valence-electron chi connectivity index (χ1n) is 7.81. The lowest BCUT2D eigenvalue weighted by Crippen LogP contribution is -2.31. The van der Waals surface area contributed by atoms with Crippen LogP contribution in [0, 0.1) is 5.92 Å². The van der Waals surface area contributed by atoms with Gasteiger partial charge in [0.1, 0.15) is 10.9 Å². The van der Waals surface area contributed by atoms with Gasteiger partial charge in [-0.2, -0.15) is 0 Å². The third-order valence-corrected chi connectivity index (χ3v) is 4.69. The van der Waals surface area contributed by atoms with Crippen molar-refractivity contribution in [1.82, 2.24) is 4.72 Å². The number of aliphatic carboxylic acids is 1. The molecule has 2 rings (SSSR count). The summed E-state index contributed by atoms with van der Waals surface area (Å²) in [6.07, 6.45) is 2.32. The monoisotopic (exact) mass is 337 g/mol. The van der Waals surface area contributed by atoms with Crippen molar-refractivity contribution in [2.75, 3.05) is 0 Å². The van der Waals surface area contributed by atoms with Crippen LogP contribution in [0.25, 0.3) is 0 Å². The van der Waals surface area contributed by atoms with Crippen molar-refractivity contribution in [3.05, 3.63) is 35.9 Å². The smallest absolute Gasteiger partial charge is 0.417 e. The van der Waals surface area contributed by atoms with Gasteiger partial charge in [-0.25, -0.2) is 4.79 Å². The normalized spacial score (nSPS) is 16.7. The maximum Gasteiger partial charge on any atom is 0.417 e. The predicted molar refractivity (Wildman–Crippen MR) is 90.2 cm³/mol. The van der Waals surface area contributed by atoms with Crippen LogP contribution in [0.5, 0.6) is 0 Å². The van der Waals surface area contributed by atoms with Crippen molar-refractivity contribution in [3.8, 4) is 0 Å². The van der Waals surface area contributed by atoms with E-state index in [2.05, 4.69) is 4.72 Å². The summed E-state index contributed by atoms with van der Waals surface area (Å²) in [4.78, 5) is 23.1. The Labute approximate surface area is 140 Å². The summed E-state index contributed by atoms with van der Waals surface area (Å²) in [6.45, 7) is 3.90. The highest BCUT2D eigenvalue weighted by atomic mass is 32.2. The van der Waals surface area contributed by atoms with Crippen LogP contribution >= 0.6 is 11.9 Å². The van der Waals surface area contributed by atoms with Crippen LogP contribution in [-0.2, 0) is 16.0 Å². The number of rotatable bonds is 8. The summed E-state index contributed by atoms with van der Waals surface area (Å²) < 4.78 is 8.05. The fraction of sp³-hybridized carbons (Fsp3) is 0.529. The van der Waals surface area contributed by atoms with Crippen LogP contribution in [0.15, 0.2) is 30.3 Å². The van der Waals surface area contributed by atoms with E-state index in [1.807, 2.05) is 44.2 Å². The van der Waals surface area contributed by atoms with Gasteiger partial charge in [0.05, 0.1) is 0 Å². The number of carboxylic acid groups (broad SMARTS) is 1. The summed E-state index contributed by atoms with van der Waals surface area (Å²) in [7, 11) is 0. The minimum atomic E-state index is -0.922. The summed E-state index contributed by atoms with van der Waals surface area (Å²) >= 11 is 0.917. The van der Waals surface area contributed by atoms with Crippen molar-refractivity contribution in [1.29, 1.82) is 0 Å². The molecule has 0 unspecified atom stereocenters. The van der Waals surface area contributed by atoms with E-state index in [1.165, 1.54) is 0 Å². The number of carbonyl (C=O) groups excluding carboxylic acids is 1. The van der Waals surface area contributed by atoms with Crippen molar-refractivity contribution in [2.45, 2.75) is 50.4 Å². The van der Waals surface area contributed by atoms with E-state index in [9.17, 15) is 9.59 Å². The Morgan fingerprint density at radius 3 is 2.48 bits per heavy atom. The zero-order chi connectivity index (χ0) is 16.9. The van der Waals surface area contributed by atoms with Gasteiger partial charge in [0.25, 0.3) is 0 Å². The molecule has 1 aliphatic rings. The molecule has 0 aromatic heterocycles. The average molecular weight is 337 g/mol. The molecule has 1 aliphatic carbocycles. The molecule has 1 saturated carbocycles. The summed E-state index contributed by atoms with van der Waals surface area (Å²) in [5.74, 6) is -0.677. The number of carbonyl (C=O) groups is 2. The fourth-order valence-electron chi connectivity index (χ4n) is 2.39. The van der Waals surface area contributed by atoms with Crippen LogP contribution in [0.1, 0.15) is 38.7 Å². The lowest BCUT2D eigenvalue weighted by molar-refractivity contribution is -0.136. The molecule has 1 atom stereocenters. The molecule has 0 spiro atoms. The van der Waals surface area contributed by atoms with Crippen LogP contribution < -0.4 is 4.72 Å². The molecule has 5 nitrogen and oxygen atoms in total. The minimum absolute atomic E-state index is 0.245. The summed E-state index contributed by atoms with van der Waals surface area (Å²) in [6, 6.07) is 9.90. The number of ether oxygens (including phenoxy) is 1. The van der Waals surface area contributed by atoms with E-state index < -0.39 is 22.9 Å². The van der Waals surface area contributed by atoms with Crippen LogP contribution in [-0.4, -0.2) is 28.0 Å². The van der Waals surface area contributed by atoms with Crippen molar-refractivity contribution < 1.29 is 19.4 Å². The molecule has 1 aromatic rings. The lowest BCUT2D eigenvalue weighted by atomic mass is 10.1. The zero-order valence-electron chi connectivity index (χ0n) is 13.5. The second-order valence-electron chi connectivity index (χ2n) is 6.41. The molecule has 2 N–H and O–H groups in total. The SMILES string of the molecule is CC(C)C[C@H](SNC(=O)OC1(Cc2ccccc2)CC1)C(=O)O. The average Bonchev–Trinajstić information content (AvgIpc) is 3.23. The number of benzene rings is 1. The third-order valence-electron chi connectivity index (χ3n) is 3.73. The van der Waals surface area contributed by atoms with Gasteiger partial charge in [0, 0.05) is 6.42 Å². The largest absolute Gasteiger partial charge is 0.480 e. The second-order valence-corrected chi connectivity index (χ2v) is 7.42. The lowest BCUT2D eigenvalue weighted by Gasteiger charge is -2.18. The van der Waals surface area contributed by atoms with Crippen molar-refractivity contribution in [2.24, 2.45) is 5.92 Å². The fourth-order valence-corrected chi connectivity index (χ4v) is 3.25. The van der Waals surface area contributed by atoms with Crippen LogP contribution in [0.3, 0.4) is 0 Å². The van der Waals surface area contributed by atoms with E-state index in [0.29, 0.717) is 12.8 Å². The van der Waals surface area contributed by atoms with Crippen molar-refractivity contribution >= 4 is 24.0 Å². The first-order chi connectivity index (χ1) is 10.9. The van der Waals surface area contributed by atoms with Gasteiger partial charge in [-0.15, -0.1) is 0 Å². The molecule has 6 heteroatoms. The molecule has 1 fully saturated rings. The van der Waals surface area contributed by atoms with Crippen LogP contribution in [0.2, 0.25) is 0 Å². The van der Waals surface area contributed by atoms with Gasteiger partial charge in [-0.3, -0.25) is 9.52 Å². The Balaban J connectivity index is 1.81. The molecule has 0 radical (unpaired) electrons. The molecular formula is C17H23NO4S. The van der Waals surface area contributed by atoms with Gasteiger partial charge in [-0.05, 0) is 42.7 Å². The summed E-state index contributed by atoms with van der Waals surface area (Å²) in [5, 5.41) is 8.50. The highest BCUT2D eigenvalue weighted by Crippen LogP contribution is 2.42. The van der Waals surface area contributed by atoms with Crippen LogP contribution in [0.4, 0.5) is 4.79 Å². The second kappa shape index (κ2) is 7.73. The van der Waals surface area contributed by atoms with Gasteiger partial charge >= 0.3 is 12.1 Å². The van der Waals surface area contributed by atoms with E-state index in [4.69, 9.17) is 9.84 Å². The number of amides is 1. The molecular weight excluding hydrogens is 314 g/mol. The number of hydrogen-bond donors (Lipinski definition) is 2. The number of nitrogens with one attached hydrogen (secondary N) is 1. The number of carboxylic acids is 1. The first kappa shape index (κ1) is 17.7. The number of hydrogen-bond acceptors (Lipinski definition) is 4. The molecule has 0 aliphatic heterocycles. The maximum absolute atomic E-state index is 12.0. The van der Waals surface area contributed by atoms with E-state index in [0.717, 1.165) is 30.4 Å². The first-order valence-corrected chi connectivity index (χ1v) is 8.69. The predicted octanol–water partition coefficient (Wildman–Crippen LogP) is 3.64. The quantitative estimate of drug-likeness (QED) is 0.708. The van der Waals surface area contributed by atoms with Gasteiger partial charge in [0.15, 0.2) is 0 Å². The van der Waals surface area contributed by atoms with E-state index >= 15 is 0 Å². The minimum Gasteiger partial charge on any atom is -0.480 e. The molecule has 126 valence electrons. The standard InChI is InChI=1S/C17H23NO4S/c1-12(2)10-14(15(19)20)23-18-16(21)22-17(8-9-17)11-13-6-4-3-5-7-13/h3-7,12,14H,8-11H2,1-2H3,(H,18,21)(H,19,20)/t14-/m0/s1. The van der Waals surface area contributed by atoms with Crippen molar-refractivity contribution in [3.63, 3.8) is 0 Å². The Kier molecular flexibility index (Phi) is 5.93. The Hall–Kier alpha value is -1.69. The van der Waals surface area contributed by atoms with E-state index in [1.54, 1.807) is 0 Å². The van der Waals surface area contributed by atoms with Gasteiger partial charge in [0.2, 0.25) is 0 Å². The Morgan fingerprint density at radius 2 is 1.96 bits per heavy atom.